The van der Waals surface area contributed by atoms with Gasteiger partial charge in [0.15, 0.2) is 0 Å². The normalized spacial score (nSPS) is 18.8. The molecule has 2 saturated heterocycles. The van der Waals surface area contributed by atoms with Crippen molar-refractivity contribution >= 4 is 33.5 Å². The van der Waals surface area contributed by atoms with Gasteiger partial charge in [0.25, 0.3) is 5.91 Å². The van der Waals surface area contributed by atoms with Crippen LogP contribution in [0.3, 0.4) is 0 Å². The maximum absolute atomic E-state index is 12.8. The maximum atomic E-state index is 12.8. The SMILES string of the molecule is CN1CCN(c2ncccc2CNC(=O)c2cc(S(=O)(=O)N3CCSCC3)c[nH]2)CC1. The quantitative estimate of drug-likeness (QED) is 0.653. The molecule has 0 radical (unpaired) electrons. The summed E-state index contributed by atoms with van der Waals surface area (Å²) in [5.41, 5.74) is 1.17. The molecule has 31 heavy (non-hydrogen) atoms. The zero-order valence-electron chi connectivity index (χ0n) is 17.6. The Morgan fingerprint density at radius 2 is 1.94 bits per heavy atom. The summed E-state index contributed by atoms with van der Waals surface area (Å²) in [4.78, 5) is 24.7. The molecule has 9 nitrogen and oxygen atoms in total. The molecule has 4 heterocycles. The number of hydrogen-bond acceptors (Lipinski definition) is 7. The number of sulfonamides is 1. The number of likely N-dealkylation sites (N-methyl/N-ethyl adjacent to an activating group) is 1. The van der Waals surface area contributed by atoms with Gasteiger partial charge in [0.1, 0.15) is 16.4 Å². The van der Waals surface area contributed by atoms with Crippen LogP contribution in [0.5, 0.6) is 0 Å². The van der Waals surface area contributed by atoms with Crippen LogP contribution in [0.2, 0.25) is 0 Å². The molecule has 1 amide bonds. The number of aromatic nitrogens is 2. The fourth-order valence-electron chi connectivity index (χ4n) is 3.73. The number of H-pyrrole nitrogens is 1. The van der Waals surface area contributed by atoms with Gasteiger partial charge in [0, 0.05) is 75.3 Å². The summed E-state index contributed by atoms with van der Waals surface area (Å²) in [7, 11) is -1.48. The zero-order chi connectivity index (χ0) is 21.8. The zero-order valence-corrected chi connectivity index (χ0v) is 19.2. The lowest BCUT2D eigenvalue weighted by Crippen LogP contribution is -2.45. The first-order valence-electron chi connectivity index (χ1n) is 10.4. The number of thioether (sulfide) groups is 1. The minimum Gasteiger partial charge on any atom is -0.356 e. The number of carbonyl (C=O) groups is 1. The second-order valence-corrected chi connectivity index (χ2v) is 10.9. The molecule has 0 saturated carbocycles. The van der Waals surface area contributed by atoms with Gasteiger partial charge in [0.2, 0.25) is 10.0 Å². The predicted octanol–water partition coefficient (Wildman–Crippen LogP) is 0.829. The third-order valence-corrected chi connectivity index (χ3v) is 8.44. The Bertz CT molecular complexity index is 1010. The summed E-state index contributed by atoms with van der Waals surface area (Å²) >= 11 is 1.75. The van der Waals surface area contributed by atoms with Crippen molar-refractivity contribution in [1.29, 1.82) is 0 Å². The van der Waals surface area contributed by atoms with Crippen LogP contribution in [-0.2, 0) is 16.6 Å². The highest BCUT2D eigenvalue weighted by Crippen LogP contribution is 2.22. The summed E-state index contributed by atoms with van der Waals surface area (Å²) in [5.74, 6) is 2.12. The lowest BCUT2D eigenvalue weighted by molar-refractivity contribution is 0.0946. The number of nitrogens with zero attached hydrogens (tertiary/aromatic N) is 4. The van der Waals surface area contributed by atoms with Gasteiger partial charge in [-0.2, -0.15) is 16.1 Å². The Morgan fingerprint density at radius 3 is 2.68 bits per heavy atom. The summed E-state index contributed by atoms with van der Waals surface area (Å²) in [6.07, 6.45) is 3.16. The summed E-state index contributed by atoms with van der Waals surface area (Å²) in [5, 5.41) is 2.89. The van der Waals surface area contributed by atoms with Gasteiger partial charge >= 0.3 is 0 Å². The van der Waals surface area contributed by atoms with E-state index >= 15 is 0 Å². The summed E-state index contributed by atoms with van der Waals surface area (Å²) < 4.78 is 27.1. The number of hydrogen-bond donors (Lipinski definition) is 2. The van der Waals surface area contributed by atoms with E-state index < -0.39 is 10.0 Å². The van der Waals surface area contributed by atoms with E-state index in [2.05, 4.69) is 32.1 Å². The molecule has 2 fully saturated rings. The largest absolute Gasteiger partial charge is 0.356 e. The van der Waals surface area contributed by atoms with E-state index in [9.17, 15) is 13.2 Å². The van der Waals surface area contributed by atoms with Crippen LogP contribution >= 0.6 is 11.8 Å². The second-order valence-electron chi connectivity index (χ2n) is 7.72. The number of amides is 1. The molecule has 2 aromatic rings. The molecule has 0 atom stereocenters. The monoisotopic (exact) mass is 464 g/mol. The van der Waals surface area contributed by atoms with Gasteiger partial charge in [-0.25, -0.2) is 13.4 Å². The number of anilines is 1. The van der Waals surface area contributed by atoms with Gasteiger partial charge < -0.3 is 20.1 Å². The number of rotatable bonds is 6. The van der Waals surface area contributed by atoms with Crippen LogP contribution in [-0.4, -0.2) is 91.3 Å². The van der Waals surface area contributed by atoms with Crippen molar-refractivity contribution in [2.24, 2.45) is 0 Å². The molecule has 0 aromatic carbocycles. The molecule has 168 valence electrons. The first-order chi connectivity index (χ1) is 14.9. The van der Waals surface area contributed by atoms with Crippen LogP contribution in [0.1, 0.15) is 16.1 Å². The van der Waals surface area contributed by atoms with E-state index in [-0.39, 0.29) is 16.5 Å². The predicted molar refractivity (Wildman–Crippen MR) is 122 cm³/mol. The third-order valence-electron chi connectivity index (χ3n) is 5.62. The fraction of sp³-hybridized carbons (Fsp3) is 0.500. The molecule has 2 aliphatic heterocycles. The van der Waals surface area contributed by atoms with Crippen molar-refractivity contribution in [3.63, 3.8) is 0 Å². The van der Waals surface area contributed by atoms with Gasteiger partial charge in [-0.1, -0.05) is 6.07 Å². The number of pyridine rings is 1. The lowest BCUT2D eigenvalue weighted by Gasteiger charge is -2.34. The summed E-state index contributed by atoms with van der Waals surface area (Å²) in [6, 6.07) is 5.23. The molecule has 4 rings (SSSR count). The number of piperazine rings is 1. The van der Waals surface area contributed by atoms with Crippen LogP contribution < -0.4 is 10.2 Å². The molecule has 0 spiro atoms. The van der Waals surface area contributed by atoms with E-state index in [1.165, 1.54) is 16.6 Å². The molecule has 2 aromatic heterocycles. The van der Waals surface area contributed by atoms with Crippen molar-refractivity contribution in [3.8, 4) is 0 Å². The van der Waals surface area contributed by atoms with Gasteiger partial charge in [-0.3, -0.25) is 4.79 Å². The molecule has 0 bridgehead atoms. The van der Waals surface area contributed by atoms with E-state index in [0.29, 0.717) is 19.6 Å². The Morgan fingerprint density at radius 1 is 1.19 bits per heavy atom. The molecule has 2 aliphatic rings. The van der Waals surface area contributed by atoms with Gasteiger partial charge in [0.05, 0.1) is 0 Å². The molecule has 11 heteroatoms. The van der Waals surface area contributed by atoms with Gasteiger partial charge in [-0.15, -0.1) is 0 Å². The lowest BCUT2D eigenvalue weighted by atomic mass is 10.2. The first kappa shape index (κ1) is 22.1. The van der Waals surface area contributed by atoms with Crippen molar-refractivity contribution < 1.29 is 13.2 Å². The Labute approximate surface area is 187 Å². The Kier molecular flexibility index (Phi) is 6.85. The van der Waals surface area contributed by atoms with E-state index in [1.54, 1.807) is 18.0 Å². The van der Waals surface area contributed by atoms with E-state index in [1.807, 2.05) is 12.1 Å². The topological polar surface area (TPSA) is 102 Å². The van der Waals surface area contributed by atoms with Crippen molar-refractivity contribution in [2.75, 3.05) is 62.7 Å². The Hall–Kier alpha value is -2.08. The molecular weight excluding hydrogens is 436 g/mol. The highest BCUT2D eigenvalue weighted by molar-refractivity contribution is 7.99. The average Bonchev–Trinajstić information content (AvgIpc) is 3.30. The maximum Gasteiger partial charge on any atom is 0.268 e. The molecule has 2 N–H and O–H groups in total. The molecular formula is C20H28N6O3S2. The van der Waals surface area contributed by atoms with Crippen LogP contribution in [0.15, 0.2) is 35.5 Å². The summed E-state index contributed by atoms with van der Waals surface area (Å²) in [6.45, 7) is 5.03. The highest BCUT2D eigenvalue weighted by atomic mass is 32.2. The fourth-order valence-corrected chi connectivity index (χ4v) is 6.30. The van der Waals surface area contributed by atoms with E-state index in [0.717, 1.165) is 49.1 Å². The van der Waals surface area contributed by atoms with E-state index in [4.69, 9.17) is 0 Å². The van der Waals surface area contributed by atoms with Crippen LogP contribution in [0.4, 0.5) is 5.82 Å². The average molecular weight is 465 g/mol. The number of aromatic amines is 1. The number of nitrogens with one attached hydrogen (secondary N) is 2. The van der Waals surface area contributed by atoms with Gasteiger partial charge in [-0.05, 0) is 19.2 Å². The van der Waals surface area contributed by atoms with Crippen LogP contribution in [0, 0.1) is 0 Å². The third kappa shape index (κ3) is 5.05. The van der Waals surface area contributed by atoms with Crippen LogP contribution in [0.25, 0.3) is 0 Å². The minimum atomic E-state index is -3.58. The molecule has 0 aliphatic carbocycles. The molecule has 0 unspecified atom stereocenters. The highest BCUT2D eigenvalue weighted by Gasteiger charge is 2.28. The standard InChI is InChI=1S/C20H28N6O3S2/c1-24-5-7-25(8-6-24)19-16(3-2-4-21-19)14-23-20(27)18-13-17(15-22-18)31(28,29)26-9-11-30-12-10-26/h2-4,13,15,22H,5-12,14H2,1H3,(H,23,27). The van der Waals surface area contributed by atoms with Crippen molar-refractivity contribution in [2.45, 2.75) is 11.4 Å². The number of carbonyl (C=O) groups excluding carboxylic acids is 1. The second kappa shape index (κ2) is 9.60. The minimum absolute atomic E-state index is 0.129. The van der Waals surface area contributed by atoms with Crippen molar-refractivity contribution in [3.05, 3.63) is 41.9 Å². The first-order valence-corrected chi connectivity index (χ1v) is 13.0. The van der Waals surface area contributed by atoms with Crippen molar-refractivity contribution in [1.82, 2.24) is 24.5 Å². The smallest absolute Gasteiger partial charge is 0.268 e. The Balaban J connectivity index is 1.41.